The van der Waals surface area contributed by atoms with Crippen molar-refractivity contribution in [1.29, 1.82) is 0 Å². The molecule has 1 fully saturated rings. The third-order valence-corrected chi connectivity index (χ3v) is 6.82. The second-order valence-corrected chi connectivity index (χ2v) is 10.4. The first kappa shape index (κ1) is 26.5. The van der Waals surface area contributed by atoms with Crippen LogP contribution >= 0.6 is 0 Å². The Morgan fingerprint density at radius 2 is 1.84 bits per heavy atom. The minimum Gasteiger partial charge on any atom is -0.480 e. The zero-order valence-corrected chi connectivity index (χ0v) is 22.6. The Morgan fingerprint density at radius 1 is 1.11 bits per heavy atom. The number of ether oxygens (including phenoxy) is 2. The van der Waals surface area contributed by atoms with Gasteiger partial charge in [-0.15, -0.1) is 0 Å². The molecule has 0 spiro atoms. The Morgan fingerprint density at radius 3 is 2.49 bits per heavy atom. The van der Waals surface area contributed by atoms with Crippen molar-refractivity contribution in [1.82, 2.24) is 19.4 Å². The number of benzene rings is 1. The third kappa shape index (κ3) is 5.72. The van der Waals surface area contributed by atoms with E-state index in [1.54, 1.807) is 18.2 Å². The first-order chi connectivity index (χ1) is 17.6. The van der Waals surface area contributed by atoms with Crippen molar-refractivity contribution in [3.05, 3.63) is 53.3 Å². The molecule has 0 radical (unpaired) electrons. The van der Waals surface area contributed by atoms with Crippen LogP contribution in [0, 0.1) is 0 Å². The zero-order valence-electron chi connectivity index (χ0n) is 22.6. The topological polar surface area (TPSA) is 88.9 Å². The van der Waals surface area contributed by atoms with Crippen molar-refractivity contribution >= 4 is 28.6 Å². The molecule has 0 aliphatic carbocycles. The molecule has 1 aliphatic rings. The van der Waals surface area contributed by atoms with Gasteiger partial charge in [-0.05, 0) is 35.6 Å². The fourth-order valence-electron chi connectivity index (χ4n) is 4.69. The van der Waals surface area contributed by atoms with Crippen LogP contribution in [-0.2, 0) is 23.7 Å². The highest BCUT2D eigenvalue weighted by Crippen LogP contribution is 2.30. The number of nitrogens with one attached hydrogen (secondary N) is 1. The summed E-state index contributed by atoms with van der Waals surface area (Å²) in [6, 6.07) is 9.99. The number of pyridine rings is 1. The summed E-state index contributed by atoms with van der Waals surface area (Å²) in [7, 11) is 3.46. The van der Waals surface area contributed by atoms with Crippen LogP contribution in [0.5, 0.6) is 5.88 Å². The van der Waals surface area contributed by atoms with Gasteiger partial charge >= 0.3 is 6.09 Å². The predicted molar refractivity (Wildman–Crippen MR) is 144 cm³/mol. The third-order valence-electron chi connectivity index (χ3n) is 6.82. The van der Waals surface area contributed by atoms with Gasteiger partial charge in [-0.1, -0.05) is 39.0 Å². The normalized spacial score (nSPS) is 14.6. The van der Waals surface area contributed by atoms with Gasteiger partial charge in [0.05, 0.1) is 19.2 Å². The SMILES string of the molecule is CCOC(=O)N1CCN(Cc2cccc3cc(C(=O)Nc4cc(C(C)(C)C)cnc4OC)n(C)c23)CC1. The Kier molecular flexibility index (Phi) is 7.73. The number of carbonyl (C=O) groups is 2. The van der Waals surface area contributed by atoms with E-state index in [1.807, 2.05) is 42.8 Å². The summed E-state index contributed by atoms with van der Waals surface area (Å²) in [4.78, 5) is 33.9. The van der Waals surface area contributed by atoms with Gasteiger partial charge < -0.3 is 24.3 Å². The maximum absolute atomic E-state index is 13.4. The van der Waals surface area contributed by atoms with E-state index in [2.05, 4.69) is 42.0 Å². The number of anilines is 1. The summed E-state index contributed by atoms with van der Waals surface area (Å²) in [5, 5.41) is 4.02. The van der Waals surface area contributed by atoms with E-state index in [4.69, 9.17) is 9.47 Å². The zero-order chi connectivity index (χ0) is 26.7. The molecule has 9 heteroatoms. The van der Waals surface area contributed by atoms with Crippen LogP contribution in [0.25, 0.3) is 10.9 Å². The lowest BCUT2D eigenvalue weighted by Crippen LogP contribution is -2.48. The molecule has 1 saturated heterocycles. The van der Waals surface area contributed by atoms with E-state index >= 15 is 0 Å². The number of fused-ring (bicyclic) bond motifs is 1. The van der Waals surface area contributed by atoms with Crippen molar-refractivity contribution in [2.75, 3.05) is 45.2 Å². The average Bonchev–Trinajstić information content (AvgIpc) is 3.21. The molecule has 0 atom stereocenters. The quantitative estimate of drug-likeness (QED) is 0.532. The lowest BCUT2D eigenvalue weighted by atomic mass is 9.88. The first-order valence-corrected chi connectivity index (χ1v) is 12.7. The van der Waals surface area contributed by atoms with Crippen molar-refractivity contribution in [3.63, 3.8) is 0 Å². The molecule has 1 aliphatic heterocycles. The molecule has 0 saturated carbocycles. The minimum atomic E-state index is -0.248. The second-order valence-electron chi connectivity index (χ2n) is 10.4. The van der Waals surface area contributed by atoms with Crippen LogP contribution in [0.2, 0.25) is 0 Å². The Labute approximate surface area is 218 Å². The van der Waals surface area contributed by atoms with Gasteiger partial charge in [0, 0.05) is 51.4 Å². The highest BCUT2D eigenvalue weighted by molar-refractivity contribution is 6.07. The molecule has 37 heavy (non-hydrogen) atoms. The summed E-state index contributed by atoms with van der Waals surface area (Å²) in [5.74, 6) is 0.154. The summed E-state index contributed by atoms with van der Waals surface area (Å²) >= 11 is 0. The maximum Gasteiger partial charge on any atom is 0.409 e. The number of carbonyl (C=O) groups excluding carboxylic acids is 2. The number of methoxy groups -OCH3 is 1. The molecule has 2 aromatic heterocycles. The number of nitrogens with zero attached hydrogens (tertiary/aromatic N) is 4. The van der Waals surface area contributed by atoms with E-state index in [0.717, 1.165) is 41.7 Å². The van der Waals surface area contributed by atoms with E-state index in [9.17, 15) is 9.59 Å². The molecule has 0 unspecified atom stereocenters. The number of aromatic nitrogens is 2. The molecule has 0 bridgehead atoms. The van der Waals surface area contributed by atoms with Crippen molar-refractivity contribution < 1.29 is 19.1 Å². The molecule has 1 N–H and O–H groups in total. The number of hydrogen-bond acceptors (Lipinski definition) is 6. The average molecular weight is 508 g/mol. The number of aryl methyl sites for hydroxylation is 1. The van der Waals surface area contributed by atoms with Crippen molar-refractivity contribution in [2.24, 2.45) is 7.05 Å². The van der Waals surface area contributed by atoms with E-state index in [0.29, 0.717) is 37.0 Å². The monoisotopic (exact) mass is 507 g/mol. The number of piperazine rings is 1. The molecule has 3 heterocycles. The molecule has 3 aromatic rings. The lowest BCUT2D eigenvalue weighted by molar-refractivity contribution is 0.0779. The van der Waals surface area contributed by atoms with Crippen LogP contribution in [-0.4, -0.2) is 71.2 Å². The van der Waals surface area contributed by atoms with Gasteiger partial charge in [0.2, 0.25) is 5.88 Å². The van der Waals surface area contributed by atoms with Gasteiger partial charge in [0.1, 0.15) is 11.4 Å². The molecular weight excluding hydrogens is 470 g/mol. The minimum absolute atomic E-state index is 0.116. The highest BCUT2D eigenvalue weighted by Gasteiger charge is 2.24. The van der Waals surface area contributed by atoms with E-state index in [1.165, 1.54) is 0 Å². The van der Waals surface area contributed by atoms with Crippen LogP contribution in [0.1, 0.15) is 49.3 Å². The summed E-state index contributed by atoms with van der Waals surface area (Å²) in [5.41, 5.74) is 4.15. The highest BCUT2D eigenvalue weighted by atomic mass is 16.6. The van der Waals surface area contributed by atoms with E-state index < -0.39 is 0 Å². The number of rotatable bonds is 6. The predicted octanol–water partition coefficient (Wildman–Crippen LogP) is 4.41. The number of amides is 2. The fraction of sp³-hybridized carbons (Fsp3) is 0.464. The van der Waals surface area contributed by atoms with Crippen LogP contribution in [0.4, 0.5) is 10.5 Å². The summed E-state index contributed by atoms with van der Waals surface area (Å²) < 4.78 is 12.5. The lowest BCUT2D eigenvalue weighted by Gasteiger charge is -2.34. The largest absolute Gasteiger partial charge is 0.480 e. The second kappa shape index (κ2) is 10.8. The Balaban J connectivity index is 1.54. The van der Waals surface area contributed by atoms with Gasteiger partial charge in [0.15, 0.2) is 0 Å². The Hall–Kier alpha value is -3.59. The van der Waals surface area contributed by atoms with Gasteiger partial charge in [-0.2, -0.15) is 0 Å². The fourth-order valence-corrected chi connectivity index (χ4v) is 4.69. The van der Waals surface area contributed by atoms with Crippen LogP contribution in [0.3, 0.4) is 0 Å². The smallest absolute Gasteiger partial charge is 0.409 e. The molecule has 2 amide bonds. The van der Waals surface area contributed by atoms with E-state index in [-0.39, 0.29) is 17.4 Å². The standard InChI is InChI=1S/C28H37N5O4/c1-7-37-27(35)33-13-11-32(12-14-33)18-20-10-8-9-19-15-23(31(5)24(19)20)25(34)30-22-16-21(28(2,3)4)17-29-26(22)36-6/h8-10,15-17H,7,11-14,18H2,1-6H3,(H,30,34). The van der Waals surface area contributed by atoms with Crippen molar-refractivity contribution in [3.8, 4) is 5.88 Å². The number of hydrogen-bond donors (Lipinski definition) is 1. The maximum atomic E-state index is 13.4. The Bertz CT molecular complexity index is 1290. The summed E-state index contributed by atoms with van der Waals surface area (Å²) in [6.45, 7) is 12.1. The van der Waals surface area contributed by atoms with Crippen LogP contribution in [0.15, 0.2) is 36.5 Å². The first-order valence-electron chi connectivity index (χ1n) is 12.7. The molecule has 1 aromatic carbocycles. The van der Waals surface area contributed by atoms with Gasteiger partial charge in [-0.3, -0.25) is 9.69 Å². The molecule has 9 nitrogen and oxygen atoms in total. The molecular formula is C28H37N5O4. The van der Waals surface area contributed by atoms with Gasteiger partial charge in [-0.25, -0.2) is 9.78 Å². The molecule has 198 valence electrons. The van der Waals surface area contributed by atoms with Crippen molar-refractivity contribution in [2.45, 2.75) is 39.7 Å². The number of para-hydroxylation sites is 1. The molecule has 4 rings (SSSR count). The van der Waals surface area contributed by atoms with Crippen LogP contribution < -0.4 is 10.1 Å². The summed E-state index contributed by atoms with van der Waals surface area (Å²) in [6.07, 6.45) is 1.53. The van der Waals surface area contributed by atoms with Gasteiger partial charge in [0.25, 0.3) is 5.91 Å².